The van der Waals surface area contributed by atoms with E-state index in [9.17, 15) is 4.79 Å². The zero-order valence-corrected chi connectivity index (χ0v) is 16.6. The fraction of sp³-hybridized carbons (Fsp3) is 0.636. The fourth-order valence-corrected chi connectivity index (χ4v) is 4.60. The fourth-order valence-electron chi connectivity index (χ4n) is 4.60. The van der Waals surface area contributed by atoms with Gasteiger partial charge in [-0.2, -0.15) is 0 Å². The van der Waals surface area contributed by atoms with Gasteiger partial charge in [-0.15, -0.1) is 0 Å². The number of imidazole rings is 1. The summed E-state index contributed by atoms with van der Waals surface area (Å²) in [5.74, 6) is 1.29. The number of hydrogen-bond donors (Lipinski definition) is 0. The first-order chi connectivity index (χ1) is 13.2. The van der Waals surface area contributed by atoms with Crippen LogP contribution in [0.5, 0.6) is 0 Å². The van der Waals surface area contributed by atoms with E-state index < -0.39 is 0 Å². The van der Waals surface area contributed by atoms with E-state index in [0.29, 0.717) is 6.54 Å². The highest BCUT2D eigenvalue weighted by atomic mass is 16.2. The summed E-state index contributed by atoms with van der Waals surface area (Å²) < 4.78 is 2.18. The Balaban J connectivity index is 1.62. The molecule has 1 aromatic carbocycles. The summed E-state index contributed by atoms with van der Waals surface area (Å²) in [7, 11) is 0. The molecule has 2 aliphatic rings. The van der Waals surface area contributed by atoms with Crippen molar-refractivity contribution in [3.8, 4) is 0 Å². The van der Waals surface area contributed by atoms with Crippen LogP contribution in [0.3, 0.4) is 0 Å². The number of hydrogen-bond acceptors (Lipinski definition) is 3. The van der Waals surface area contributed by atoms with E-state index in [2.05, 4.69) is 33.4 Å². The van der Waals surface area contributed by atoms with Gasteiger partial charge in [0.25, 0.3) is 0 Å². The lowest BCUT2D eigenvalue weighted by atomic mass is 10.1. The molecule has 5 nitrogen and oxygen atoms in total. The Morgan fingerprint density at radius 3 is 2.33 bits per heavy atom. The lowest BCUT2D eigenvalue weighted by Crippen LogP contribution is -2.37. The van der Waals surface area contributed by atoms with Crippen LogP contribution < -0.4 is 0 Å². The summed E-state index contributed by atoms with van der Waals surface area (Å²) in [5, 5.41) is 0. The quantitative estimate of drug-likeness (QED) is 0.819. The number of carbonyl (C=O) groups excluding carboxylic acids is 1. The van der Waals surface area contributed by atoms with Crippen LogP contribution in [0.15, 0.2) is 24.3 Å². The second kappa shape index (κ2) is 8.42. The highest BCUT2D eigenvalue weighted by Crippen LogP contribution is 2.27. The molecule has 0 spiro atoms. The number of benzene rings is 1. The van der Waals surface area contributed by atoms with Gasteiger partial charge in [0, 0.05) is 13.1 Å². The summed E-state index contributed by atoms with van der Waals surface area (Å²) in [5.41, 5.74) is 2.08. The van der Waals surface area contributed by atoms with Crippen molar-refractivity contribution in [1.29, 1.82) is 0 Å². The van der Waals surface area contributed by atoms with Crippen LogP contribution in [0.25, 0.3) is 11.0 Å². The number of amides is 1. The average molecular weight is 369 g/mol. The van der Waals surface area contributed by atoms with Crippen LogP contribution in [0.4, 0.5) is 0 Å². The first-order valence-electron chi connectivity index (χ1n) is 10.7. The Morgan fingerprint density at radius 2 is 1.59 bits per heavy atom. The highest BCUT2D eigenvalue weighted by Gasteiger charge is 2.25. The van der Waals surface area contributed by atoms with Crippen LogP contribution in [0.2, 0.25) is 0 Å². The number of fused-ring (bicyclic) bond motifs is 1. The van der Waals surface area contributed by atoms with Crippen molar-refractivity contribution in [3.05, 3.63) is 30.1 Å². The monoisotopic (exact) mass is 368 g/mol. The van der Waals surface area contributed by atoms with Gasteiger partial charge in [-0.3, -0.25) is 9.69 Å². The van der Waals surface area contributed by atoms with Gasteiger partial charge in [0.15, 0.2) is 0 Å². The summed E-state index contributed by atoms with van der Waals surface area (Å²) in [6.45, 7) is 6.73. The molecule has 2 aromatic rings. The molecule has 0 unspecified atom stereocenters. The third-order valence-corrected chi connectivity index (χ3v) is 6.25. The van der Waals surface area contributed by atoms with Crippen molar-refractivity contribution in [2.75, 3.05) is 26.2 Å². The van der Waals surface area contributed by atoms with Crippen LogP contribution >= 0.6 is 0 Å². The van der Waals surface area contributed by atoms with Gasteiger partial charge in [-0.1, -0.05) is 31.4 Å². The standard InChI is InChI=1S/C22H32N4O/c1-18(24-13-9-4-10-14-24)22-23-19-11-5-6-12-20(19)26(22)17-21(27)25-15-7-2-3-8-16-25/h5-6,11-12,18H,2-4,7-10,13-17H2,1H3/t18-/m0/s1. The Hall–Kier alpha value is -1.88. The topological polar surface area (TPSA) is 41.4 Å². The molecule has 1 atom stereocenters. The number of piperidine rings is 1. The molecule has 0 aliphatic carbocycles. The van der Waals surface area contributed by atoms with Crippen molar-refractivity contribution >= 4 is 16.9 Å². The normalized spacial score (nSPS) is 20.6. The molecule has 146 valence electrons. The van der Waals surface area contributed by atoms with Crippen molar-refractivity contribution in [2.45, 2.75) is 64.5 Å². The Bertz CT molecular complexity index is 770. The largest absolute Gasteiger partial charge is 0.341 e. The second-order valence-corrected chi connectivity index (χ2v) is 8.11. The van der Waals surface area contributed by atoms with Gasteiger partial charge in [-0.05, 0) is 57.8 Å². The molecule has 0 radical (unpaired) electrons. The number of rotatable bonds is 4. The van der Waals surface area contributed by atoms with Gasteiger partial charge in [0.2, 0.25) is 5.91 Å². The van der Waals surface area contributed by atoms with Gasteiger partial charge in [0.1, 0.15) is 12.4 Å². The lowest BCUT2D eigenvalue weighted by Gasteiger charge is -2.32. The minimum absolute atomic E-state index is 0.243. The number of carbonyl (C=O) groups is 1. The van der Waals surface area contributed by atoms with E-state index in [1.54, 1.807) is 0 Å². The van der Waals surface area contributed by atoms with Gasteiger partial charge in [0.05, 0.1) is 17.1 Å². The molecule has 0 bridgehead atoms. The minimum Gasteiger partial charge on any atom is -0.341 e. The zero-order chi connectivity index (χ0) is 18.6. The first-order valence-corrected chi connectivity index (χ1v) is 10.7. The van der Waals surface area contributed by atoms with Crippen LogP contribution in [-0.4, -0.2) is 51.4 Å². The Kier molecular flexibility index (Phi) is 5.77. The molecule has 2 fully saturated rings. The van der Waals surface area contributed by atoms with E-state index in [0.717, 1.165) is 55.9 Å². The third-order valence-electron chi connectivity index (χ3n) is 6.25. The van der Waals surface area contributed by atoms with Crippen molar-refractivity contribution in [1.82, 2.24) is 19.4 Å². The summed E-state index contributed by atoms with van der Waals surface area (Å²) in [6.07, 6.45) is 8.60. The van der Waals surface area contributed by atoms with E-state index in [1.165, 1.54) is 32.1 Å². The van der Waals surface area contributed by atoms with Crippen molar-refractivity contribution < 1.29 is 4.79 Å². The van der Waals surface area contributed by atoms with Crippen molar-refractivity contribution in [3.63, 3.8) is 0 Å². The first kappa shape index (κ1) is 18.5. The second-order valence-electron chi connectivity index (χ2n) is 8.11. The maximum atomic E-state index is 13.1. The summed E-state index contributed by atoms with van der Waals surface area (Å²) >= 11 is 0. The molecule has 2 aliphatic heterocycles. The van der Waals surface area contributed by atoms with Crippen molar-refractivity contribution in [2.24, 2.45) is 0 Å². The van der Waals surface area contributed by atoms with E-state index in [-0.39, 0.29) is 11.9 Å². The highest BCUT2D eigenvalue weighted by molar-refractivity contribution is 5.81. The predicted octanol–water partition coefficient (Wildman–Crippen LogP) is 3.99. The SMILES string of the molecule is C[C@@H](c1nc2ccccc2n1CC(=O)N1CCCCCC1)N1CCCCC1. The number of aromatic nitrogens is 2. The summed E-state index contributed by atoms with van der Waals surface area (Å²) in [4.78, 5) is 22.6. The molecule has 27 heavy (non-hydrogen) atoms. The molecule has 4 rings (SSSR count). The molecular weight excluding hydrogens is 336 g/mol. The van der Waals surface area contributed by atoms with E-state index in [4.69, 9.17) is 4.98 Å². The van der Waals surface area contributed by atoms with Crippen LogP contribution in [0.1, 0.15) is 63.7 Å². The lowest BCUT2D eigenvalue weighted by molar-refractivity contribution is -0.131. The molecule has 0 N–H and O–H groups in total. The van der Waals surface area contributed by atoms with Gasteiger partial charge in [-0.25, -0.2) is 4.98 Å². The summed E-state index contributed by atoms with van der Waals surface area (Å²) in [6, 6.07) is 8.49. The number of likely N-dealkylation sites (tertiary alicyclic amines) is 2. The molecule has 0 saturated carbocycles. The molecule has 1 amide bonds. The average Bonchev–Trinajstić information content (AvgIpc) is 2.88. The number of para-hydroxylation sites is 2. The molecule has 2 saturated heterocycles. The predicted molar refractivity (Wildman–Crippen MR) is 109 cm³/mol. The molecule has 1 aromatic heterocycles. The molecule has 3 heterocycles. The van der Waals surface area contributed by atoms with Crippen LogP contribution in [-0.2, 0) is 11.3 Å². The zero-order valence-electron chi connectivity index (χ0n) is 16.6. The Labute approximate surface area is 162 Å². The van der Waals surface area contributed by atoms with Gasteiger partial charge < -0.3 is 9.47 Å². The van der Waals surface area contributed by atoms with E-state index >= 15 is 0 Å². The van der Waals surface area contributed by atoms with Crippen LogP contribution in [0, 0.1) is 0 Å². The van der Waals surface area contributed by atoms with Gasteiger partial charge >= 0.3 is 0 Å². The molecule has 5 heteroatoms. The maximum absolute atomic E-state index is 13.1. The maximum Gasteiger partial charge on any atom is 0.242 e. The molecular formula is C22H32N4O. The van der Waals surface area contributed by atoms with E-state index in [1.807, 2.05) is 12.1 Å². The Morgan fingerprint density at radius 1 is 0.963 bits per heavy atom. The minimum atomic E-state index is 0.243. The third kappa shape index (κ3) is 4.03. The smallest absolute Gasteiger partial charge is 0.242 e. The number of nitrogens with zero attached hydrogens (tertiary/aromatic N) is 4.